The molecule has 2 aromatic carbocycles. The van der Waals surface area contributed by atoms with Crippen molar-refractivity contribution >= 4 is 16.8 Å². The lowest BCUT2D eigenvalue weighted by molar-refractivity contribution is 0.0952. The molecule has 0 aliphatic rings. The SMILES string of the molecule is O=C(NCc1ccc(OCc2cccnc2)cc1)c1cc(-c2ccncc2)nc2ccccc12. The van der Waals surface area contributed by atoms with Crippen molar-refractivity contribution in [1.82, 2.24) is 20.3 Å². The third-order valence-corrected chi connectivity index (χ3v) is 5.44. The second-order valence-electron chi connectivity index (χ2n) is 7.78. The first-order valence-corrected chi connectivity index (χ1v) is 11.0. The maximum atomic E-state index is 13.2. The Morgan fingerprint density at radius 3 is 2.44 bits per heavy atom. The van der Waals surface area contributed by atoms with Gasteiger partial charge in [0, 0.05) is 47.8 Å². The molecule has 0 saturated heterocycles. The van der Waals surface area contributed by atoms with Crippen molar-refractivity contribution in [3.8, 4) is 17.0 Å². The molecular formula is C28H22N4O2. The molecule has 3 heterocycles. The van der Waals surface area contributed by atoms with Crippen molar-refractivity contribution in [3.05, 3.63) is 120 Å². The number of nitrogens with one attached hydrogen (secondary N) is 1. The van der Waals surface area contributed by atoms with Crippen molar-refractivity contribution < 1.29 is 9.53 Å². The number of ether oxygens (including phenoxy) is 1. The maximum absolute atomic E-state index is 13.2. The van der Waals surface area contributed by atoms with Gasteiger partial charge < -0.3 is 10.1 Å². The summed E-state index contributed by atoms with van der Waals surface area (Å²) in [6.45, 7) is 0.863. The Labute approximate surface area is 197 Å². The van der Waals surface area contributed by atoms with Crippen LogP contribution >= 0.6 is 0 Å². The van der Waals surface area contributed by atoms with Crippen LogP contribution in [0.2, 0.25) is 0 Å². The van der Waals surface area contributed by atoms with E-state index >= 15 is 0 Å². The molecule has 6 heteroatoms. The molecule has 3 aromatic heterocycles. The number of amides is 1. The Hall–Kier alpha value is -4.58. The predicted octanol–water partition coefficient (Wildman–Crippen LogP) is 5.20. The van der Waals surface area contributed by atoms with Crippen LogP contribution < -0.4 is 10.1 Å². The fourth-order valence-corrected chi connectivity index (χ4v) is 3.67. The van der Waals surface area contributed by atoms with Crippen LogP contribution in [0.3, 0.4) is 0 Å². The highest BCUT2D eigenvalue weighted by Gasteiger charge is 2.14. The maximum Gasteiger partial charge on any atom is 0.252 e. The quantitative estimate of drug-likeness (QED) is 0.372. The number of carbonyl (C=O) groups excluding carboxylic acids is 1. The molecule has 166 valence electrons. The molecule has 34 heavy (non-hydrogen) atoms. The lowest BCUT2D eigenvalue weighted by Crippen LogP contribution is -2.23. The molecule has 0 fully saturated rings. The Morgan fingerprint density at radius 2 is 1.65 bits per heavy atom. The highest BCUT2D eigenvalue weighted by molar-refractivity contribution is 6.07. The summed E-state index contributed by atoms with van der Waals surface area (Å²) >= 11 is 0. The van der Waals surface area contributed by atoms with E-state index in [1.165, 1.54) is 0 Å². The number of nitrogens with zero attached hydrogens (tertiary/aromatic N) is 3. The lowest BCUT2D eigenvalue weighted by Gasteiger charge is -2.11. The van der Waals surface area contributed by atoms with E-state index in [0.717, 1.165) is 39.0 Å². The van der Waals surface area contributed by atoms with Crippen LogP contribution in [-0.2, 0) is 13.2 Å². The fourth-order valence-electron chi connectivity index (χ4n) is 3.67. The summed E-state index contributed by atoms with van der Waals surface area (Å²) in [7, 11) is 0. The zero-order valence-electron chi connectivity index (χ0n) is 18.4. The minimum Gasteiger partial charge on any atom is -0.489 e. The molecule has 0 aliphatic heterocycles. The van der Waals surface area contributed by atoms with Crippen molar-refractivity contribution in [2.45, 2.75) is 13.2 Å². The first-order chi connectivity index (χ1) is 16.8. The molecule has 1 N–H and O–H groups in total. The first kappa shape index (κ1) is 21.3. The van der Waals surface area contributed by atoms with Gasteiger partial charge in [0.05, 0.1) is 16.8 Å². The first-order valence-electron chi connectivity index (χ1n) is 11.0. The average Bonchev–Trinajstić information content (AvgIpc) is 2.91. The van der Waals surface area contributed by atoms with Gasteiger partial charge in [0.15, 0.2) is 0 Å². The Kier molecular flexibility index (Phi) is 6.21. The third-order valence-electron chi connectivity index (χ3n) is 5.44. The monoisotopic (exact) mass is 446 g/mol. The molecule has 0 spiro atoms. The van der Waals surface area contributed by atoms with Gasteiger partial charge in [0.1, 0.15) is 12.4 Å². The normalized spacial score (nSPS) is 10.7. The number of benzene rings is 2. The van der Waals surface area contributed by atoms with E-state index in [-0.39, 0.29) is 5.91 Å². The minimum atomic E-state index is -0.147. The van der Waals surface area contributed by atoms with Gasteiger partial charge in [-0.15, -0.1) is 0 Å². The van der Waals surface area contributed by atoms with Gasteiger partial charge in [-0.25, -0.2) is 4.98 Å². The van der Waals surface area contributed by atoms with Gasteiger partial charge in [-0.1, -0.05) is 36.4 Å². The summed E-state index contributed by atoms with van der Waals surface area (Å²) in [6.07, 6.45) is 6.96. The molecule has 0 aliphatic carbocycles. The Balaban J connectivity index is 1.29. The van der Waals surface area contributed by atoms with Crippen LogP contribution in [0.1, 0.15) is 21.5 Å². The number of fused-ring (bicyclic) bond motifs is 1. The molecule has 1 amide bonds. The molecule has 0 bridgehead atoms. The molecule has 0 saturated carbocycles. The smallest absolute Gasteiger partial charge is 0.252 e. The Bertz CT molecular complexity index is 1410. The number of hydrogen-bond donors (Lipinski definition) is 1. The van der Waals surface area contributed by atoms with Crippen molar-refractivity contribution in [2.24, 2.45) is 0 Å². The topological polar surface area (TPSA) is 77.0 Å². The van der Waals surface area contributed by atoms with Gasteiger partial charge in [0.25, 0.3) is 5.91 Å². The Morgan fingerprint density at radius 1 is 0.824 bits per heavy atom. The zero-order chi connectivity index (χ0) is 23.2. The molecular weight excluding hydrogens is 424 g/mol. The fraction of sp³-hybridized carbons (Fsp3) is 0.0714. The molecule has 0 radical (unpaired) electrons. The molecule has 0 unspecified atom stereocenters. The van der Waals surface area contributed by atoms with E-state index < -0.39 is 0 Å². The van der Waals surface area contributed by atoms with Crippen molar-refractivity contribution in [1.29, 1.82) is 0 Å². The van der Waals surface area contributed by atoms with Crippen LogP contribution in [0.5, 0.6) is 5.75 Å². The van der Waals surface area contributed by atoms with Gasteiger partial charge in [-0.3, -0.25) is 14.8 Å². The molecule has 5 aromatic rings. The largest absolute Gasteiger partial charge is 0.489 e. The number of rotatable bonds is 7. The van der Waals surface area contributed by atoms with E-state index in [1.807, 2.05) is 78.9 Å². The van der Waals surface area contributed by atoms with Crippen LogP contribution in [0.25, 0.3) is 22.2 Å². The second-order valence-corrected chi connectivity index (χ2v) is 7.78. The zero-order valence-corrected chi connectivity index (χ0v) is 18.4. The van der Waals surface area contributed by atoms with E-state index in [2.05, 4.69) is 15.3 Å². The van der Waals surface area contributed by atoms with E-state index in [9.17, 15) is 4.79 Å². The van der Waals surface area contributed by atoms with Crippen molar-refractivity contribution in [3.63, 3.8) is 0 Å². The van der Waals surface area contributed by atoms with Gasteiger partial charge in [-0.05, 0) is 48.0 Å². The second kappa shape index (κ2) is 9.92. The van der Waals surface area contributed by atoms with Crippen LogP contribution in [0.4, 0.5) is 0 Å². The van der Waals surface area contributed by atoms with Crippen LogP contribution in [0, 0.1) is 0 Å². The van der Waals surface area contributed by atoms with E-state index in [1.54, 1.807) is 24.8 Å². The number of para-hydroxylation sites is 1. The summed E-state index contributed by atoms with van der Waals surface area (Å²) in [6, 6.07) is 24.8. The standard InChI is InChI=1S/C28H22N4O2/c33-28(31-18-20-7-9-23(10-8-20)34-19-21-4-3-13-30-17-21)25-16-27(22-11-14-29-15-12-22)32-26-6-2-1-5-24(25)26/h1-17H,18-19H2,(H,31,33). The van der Waals surface area contributed by atoms with Gasteiger partial charge in [0.2, 0.25) is 0 Å². The summed E-state index contributed by atoms with van der Waals surface area (Å²) < 4.78 is 5.81. The highest BCUT2D eigenvalue weighted by Crippen LogP contribution is 2.24. The van der Waals surface area contributed by atoms with E-state index in [4.69, 9.17) is 9.72 Å². The number of hydrogen-bond acceptors (Lipinski definition) is 5. The third kappa shape index (κ3) is 4.91. The van der Waals surface area contributed by atoms with Crippen LogP contribution in [0.15, 0.2) is 104 Å². The molecule has 0 atom stereocenters. The molecule has 5 rings (SSSR count). The summed E-state index contributed by atoms with van der Waals surface area (Å²) in [5.74, 6) is 0.617. The summed E-state index contributed by atoms with van der Waals surface area (Å²) in [4.78, 5) is 26.0. The van der Waals surface area contributed by atoms with Gasteiger partial charge in [-0.2, -0.15) is 0 Å². The number of pyridine rings is 3. The number of aromatic nitrogens is 3. The lowest BCUT2D eigenvalue weighted by atomic mass is 10.0. The minimum absolute atomic E-state index is 0.147. The summed E-state index contributed by atoms with van der Waals surface area (Å²) in [5.41, 5.74) is 5.01. The molecule has 6 nitrogen and oxygen atoms in total. The van der Waals surface area contributed by atoms with Gasteiger partial charge >= 0.3 is 0 Å². The summed E-state index contributed by atoms with van der Waals surface area (Å²) in [5, 5.41) is 3.85. The van der Waals surface area contributed by atoms with Crippen LogP contribution in [-0.4, -0.2) is 20.9 Å². The predicted molar refractivity (Wildman–Crippen MR) is 131 cm³/mol. The number of carbonyl (C=O) groups is 1. The average molecular weight is 447 g/mol. The van der Waals surface area contributed by atoms with E-state index in [0.29, 0.717) is 18.7 Å². The highest BCUT2D eigenvalue weighted by atomic mass is 16.5. The van der Waals surface area contributed by atoms with Crippen molar-refractivity contribution in [2.75, 3.05) is 0 Å².